The van der Waals surface area contributed by atoms with Gasteiger partial charge in [0.2, 0.25) is 0 Å². The lowest BCUT2D eigenvalue weighted by molar-refractivity contribution is 0.413. The van der Waals surface area contributed by atoms with Crippen LogP contribution < -0.4 is 4.74 Å². The molecule has 0 radical (unpaired) electrons. The summed E-state index contributed by atoms with van der Waals surface area (Å²) >= 11 is 0. The first-order chi connectivity index (χ1) is 11.3. The van der Waals surface area contributed by atoms with Gasteiger partial charge in [-0.2, -0.15) is 0 Å². The van der Waals surface area contributed by atoms with Crippen molar-refractivity contribution in [2.45, 2.75) is 32.1 Å². The normalized spacial score (nSPS) is 12.3. The zero-order valence-corrected chi connectivity index (χ0v) is 13.8. The van der Waals surface area contributed by atoms with E-state index in [9.17, 15) is 0 Å². The Kier molecular flexibility index (Phi) is 4.92. The van der Waals surface area contributed by atoms with Gasteiger partial charge in [-0.15, -0.1) is 0 Å². The topological polar surface area (TPSA) is 22.1 Å². The van der Waals surface area contributed by atoms with Crippen LogP contribution in [0.4, 0.5) is 0 Å². The molecule has 2 aromatic carbocycles. The van der Waals surface area contributed by atoms with Gasteiger partial charge in [0.05, 0.1) is 12.6 Å². The minimum Gasteiger partial charge on any atom is -0.497 e. The van der Waals surface area contributed by atoms with E-state index in [2.05, 4.69) is 54.4 Å². The van der Waals surface area contributed by atoms with Gasteiger partial charge >= 0.3 is 0 Å². The maximum Gasteiger partial charge on any atom is 0.119 e. The minimum atomic E-state index is 0.535. The highest BCUT2D eigenvalue weighted by atomic mass is 16.5. The highest BCUT2D eigenvalue weighted by Gasteiger charge is 2.08. The third-order valence-electron chi connectivity index (χ3n) is 4.46. The van der Waals surface area contributed by atoms with Gasteiger partial charge in [-0.1, -0.05) is 43.3 Å². The molecule has 0 aliphatic rings. The second-order valence-electron chi connectivity index (χ2n) is 6.06. The van der Waals surface area contributed by atoms with Crippen LogP contribution in [0.25, 0.3) is 10.9 Å². The van der Waals surface area contributed by atoms with Crippen molar-refractivity contribution < 1.29 is 4.74 Å². The molecular formula is C21H23NO. The number of benzene rings is 2. The number of methoxy groups -OCH3 is 1. The standard InChI is InChI=1S/C21H23NO/c1-16(19-11-5-13-20(15-19)23-2)7-3-8-17-9-4-10-18-12-6-14-22-21(17)18/h4-6,9-16H,3,7-8H2,1-2H3. The first kappa shape index (κ1) is 15.5. The summed E-state index contributed by atoms with van der Waals surface area (Å²) in [5.74, 6) is 1.47. The van der Waals surface area contributed by atoms with Crippen molar-refractivity contribution in [2.24, 2.45) is 0 Å². The summed E-state index contributed by atoms with van der Waals surface area (Å²) in [6.07, 6.45) is 5.28. The Hall–Kier alpha value is -2.35. The molecule has 0 bridgehead atoms. The number of hydrogen-bond acceptors (Lipinski definition) is 2. The number of rotatable bonds is 6. The van der Waals surface area contributed by atoms with Crippen LogP contribution in [0, 0.1) is 0 Å². The van der Waals surface area contributed by atoms with E-state index in [0.29, 0.717) is 5.92 Å². The zero-order chi connectivity index (χ0) is 16.1. The molecule has 0 spiro atoms. The second kappa shape index (κ2) is 7.28. The van der Waals surface area contributed by atoms with Crippen molar-refractivity contribution >= 4 is 10.9 Å². The average molecular weight is 305 g/mol. The van der Waals surface area contributed by atoms with Crippen molar-refractivity contribution in [2.75, 3.05) is 7.11 Å². The summed E-state index contributed by atoms with van der Waals surface area (Å²) < 4.78 is 5.32. The number of para-hydroxylation sites is 1. The average Bonchev–Trinajstić information content (AvgIpc) is 2.62. The fourth-order valence-corrected chi connectivity index (χ4v) is 3.08. The maximum absolute atomic E-state index is 5.32. The Balaban J connectivity index is 1.64. The van der Waals surface area contributed by atoms with E-state index in [0.717, 1.165) is 30.5 Å². The summed E-state index contributed by atoms with van der Waals surface area (Å²) in [4.78, 5) is 4.54. The number of aryl methyl sites for hydroxylation is 1. The number of nitrogens with zero attached hydrogens (tertiary/aromatic N) is 1. The largest absolute Gasteiger partial charge is 0.497 e. The number of hydrogen-bond donors (Lipinski definition) is 0. The van der Waals surface area contributed by atoms with E-state index >= 15 is 0 Å². The Morgan fingerprint density at radius 3 is 2.74 bits per heavy atom. The molecule has 3 aromatic rings. The predicted octanol–water partition coefficient (Wildman–Crippen LogP) is 5.37. The molecule has 2 heteroatoms. The molecule has 0 aliphatic carbocycles. The van der Waals surface area contributed by atoms with E-state index < -0.39 is 0 Å². The van der Waals surface area contributed by atoms with Crippen LogP contribution in [0.1, 0.15) is 36.8 Å². The van der Waals surface area contributed by atoms with Gasteiger partial charge in [0.15, 0.2) is 0 Å². The Bertz CT molecular complexity index is 776. The third-order valence-corrected chi connectivity index (χ3v) is 4.46. The molecule has 0 aliphatic heterocycles. The van der Waals surface area contributed by atoms with Crippen LogP contribution in [0.3, 0.4) is 0 Å². The number of pyridine rings is 1. The van der Waals surface area contributed by atoms with Crippen molar-refractivity contribution in [1.82, 2.24) is 4.98 Å². The van der Waals surface area contributed by atoms with E-state index in [1.165, 1.54) is 16.5 Å². The number of aromatic nitrogens is 1. The van der Waals surface area contributed by atoms with Gasteiger partial charge in [0.25, 0.3) is 0 Å². The van der Waals surface area contributed by atoms with Crippen LogP contribution in [-0.2, 0) is 6.42 Å². The lowest BCUT2D eigenvalue weighted by atomic mass is 9.93. The molecule has 0 fully saturated rings. The molecule has 1 unspecified atom stereocenters. The maximum atomic E-state index is 5.32. The summed E-state index contributed by atoms with van der Waals surface area (Å²) in [5.41, 5.74) is 3.84. The van der Waals surface area contributed by atoms with Crippen molar-refractivity contribution in [3.63, 3.8) is 0 Å². The first-order valence-corrected chi connectivity index (χ1v) is 8.24. The molecule has 118 valence electrons. The Labute approximate surface area is 138 Å². The van der Waals surface area contributed by atoms with Crippen molar-refractivity contribution in [1.29, 1.82) is 0 Å². The van der Waals surface area contributed by atoms with E-state index in [1.54, 1.807) is 7.11 Å². The molecule has 0 saturated heterocycles. The van der Waals surface area contributed by atoms with Crippen LogP contribution in [0.2, 0.25) is 0 Å². The summed E-state index contributed by atoms with van der Waals surface area (Å²) in [6, 6.07) is 19.0. The molecule has 1 aromatic heterocycles. The summed E-state index contributed by atoms with van der Waals surface area (Å²) in [7, 11) is 1.72. The van der Waals surface area contributed by atoms with Crippen LogP contribution in [0.15, 0.2) is 60.8 Å². The highest BCUT2D eigenvalue weighted by molar-refractivity contribution is 5.81. The smallest absolute Gasteiger partial charge is 0.119 e. The lowest BCUT2D eigenvalue weighted by Crippen LogP contribution is -1.97. The fourth-order valence-electron chi connectivity index (χ4n) is 3.08. The van der Waals surface area contributed by atoms with Gasteiger partial charge < -0.3 is 4.74 Å². The molecule has 1 heterocycles. The van der Waals surface area contributed by atoms with Gasteiger partial charge in [-0.3, -0.25) is 4.98 Å². The van der Waals surface area contributed by atoms with E-state index in [-0.39, 0.29) is 0 Å². The van der Waals surface area contributed by atoms with E-state index in [4.69, 9.17) is 4.74 Å². The SMILES string of the molecule is COc1cccc(C(C)CCCc2cccc3cccnc23)c1. The first-order valence-electron chi connectivity index (χ1n) is 8.24. The molecule has 1 atom stereocenters. The van der Waals surface area contributed by atoms with Crippen LogP contribution in [0.5, 0.6) is 5.75 Å². The molecule has 0 amide bonds. The minimum absolute atomic E-state index is 0.535. The molecule has 23 heavy (non-hydrogen) atoms. The second-order valence-corrected chi connectivity index (χ2v) is 6.06. The highest BCUT2D eigenvalue weighted by Crippen LogP contribution is 2.26. The number of ether oxygens (including phenoxy) is 1. The van der Waals surface area contributed by atoms with Gasteiger partial charge in [-0.05, 0) is 54.5 Å². The molecule has 2 nitrogen and oxygen atoms in total. The number of fused-ring (bicyclic) bond motifs is 1. The van der Waals surface area contributed by atoms with Gasteiger partial charge in [-0.25, -0.2) is 0 Å². The van der Waals surface area contributed by atoms with Crippen LogP contribution in [-0.4, -0.2) is 12.1 Å². The third kappa shape index (κ3) is 3.70. The summed E-state index contributed by atoms with van der Waals surface area (Å²) in [5, 5.41) is 1.23. The van der Waals surface area contributed by atoms with Crippen LogP contribution >= 0.6 is 0 Å². The van der Waals surface area contributed by atoms with Crippen molar-refractivity contribution in [3.05, 3.63) is 71.9 Å². The van der Waals surface area contributed by atoms with Gasteiger partial charge in [0, 0.05) is 11.6 Å². The monoisotopic (exact) mass is 305 g/mol. The Morgan fingerprint density at radius 1 is 1.04 bits per heavy atom. The predicted molar refractivity (Wildman–Crippen MR) is 96.1 cm³/mol. The Morgan fingerprint density at radius 2 is 1.87 bits per heavy atom. The molecule has 0 saturated carbocycles. The molecule has 3 rings (SSSR count). The fraction of sp³-hybridized carbons (Fsp3) is 0.286. The van der Waals surface area contributed by atoms with Gasteiger partial charge in [0.1, 0.15) is 5.75 Å². The van der Waals surface area contributed by atoms with E-state index in [1.807, 2.05) is 18.3 Å². The zero-order valence-electron chi connectivity index (χ0n) is 13.8. The lowest BCUT2D eigenvalue weighted by Gasteiger charge is -2.13. The molecular weight excluding hydrogens is 282 g/mol. The molecule has 0 N–H and O–H groups in total. The quantitative estimate of drug-likeness (QED) is 0.611. The van der Waals surface area contributed by atoms with Crippen molar-refractivity contribution in [3.8, 4) is 5.75 Å². The summed E-state index contributed by atoms with van der Waals surface area (Å²) in [6.45, 7) is 2.29.